The van der Waals surface area contributed by atoms with Crippen molar-refractivity contribution in [2.24, 2.45) is 0 Å². The summed E-state index contributed by atoms with van der Waals surface area (Å²) in [4.78, 5) is 1.62. The first-order valence-electron chi connectivity index (χ1n) is 7.73. The molecule has 0 unspecified atom stereocenters. The normalized spacial score (nSPS) is 15.7. The summed E-state index contributed by atoms with van der Waals surface area (Å²) in [6.07, 6.45) is 0. The molecule has 0 radical (unpaired) electrons. The fourth-order valence-electron chi connectivity index (χ4n) is 2.86. The van der Waals surface area contributed by atoms with Gasteiger partial charge < -0.3 is 4.90 Å². The molecule has 5 nitrogen and oxygen atoms in total. The van der Waals surface area contributed by atoms with E-state index in [9.17, 15) is 17.2 Å². The molecule has 1 heterocycles. The van der Waals surface area contributed by atoms with Crippen LogP contribution in [0.4, 0.5) is 14.5 Å². The number of nitrogens with zero attached hydrogens (tertiary/aromatic N) is 3. The fraction of sp³-hybridized carbons (Fsp3) is 0.235. The Morgan fingerprint density at radius 3 is 2.19 bits per heavy atom. The number of rotatable bonds is 3. The van der Waals surface area contributed by atoms with Crippen LogP contribution in [-0.4, -0.2) is 38.9 Å². The molecule has 1 fully saturated rings. The Morgan fingerprint density at radius 2 is 1.65 bits per heavy atom. The fourth-order valence-corrected chi connectivity index (χ4v) is 4.88. The van der Waals surface area contributed by atoms with Crippen molar-refractivity contribution in [2.75, 3.05) is 31.1 Å². The first-order chi connectivity index (χ1) is 12.3. The molecule has 3 rings (SSSR count). The highest BCUT2D eigenvalue weighted by atomic mass is 79.9. The lowest BCUT2D eigenvalue weighted by molar-refractivity contribution is 0.381. The number of piperazine rings is 1. The Balaban J connectivity index is 1.79. The molecule has 0 bridgehead atoms. The molecule has 1 aliphatic heterocycles. The van der Waals surface area contributed by atoms with Crippen LogP contribution in [0.25, 0.3) is 0 Å². The van der Waals surface area contributed by atoms with Crippen molar-refractivity contribution in [3.63, 3.8) is 0 Å². The van der Waals surface area contributed by atoms with Crippen LogP contribution in [0, 0.1) is 23.0 Å². The van der Waals surface area contributed by atoms with E-state index in [1.165, 1.54) is 21.3 Å². The first-order valence-corrected chi connectivity index (χ1v) is 9.96. The average molecular weight is 442 g/mol. The predicted octanol–water partition coefficient (Wildman–Crippen LogP) is 3.11. The lowest BCUT2D eigenvalue weighted by Gasteiger charge is -2.35. The number of hydrogen-bond donors (Lipinski definition) is 0. The Labute approximate surface area is 158 Å². The third-order valence-corrected chi connectivity index (χ3v) is 6.52. The lowest BCUT2D eigenvalue weighted by atomic mass is 10.1. The number of halogens is 3. The third-order valence-electron chi connectivity index (χ3n) is 4.13. The maximum atomic E-state index is 14.2. The number of benzene rings is 2. The second-order valence-corrected chi connectivity index (χ2v) is 8.60. The van der Waals surface area contributed by atoms with Gasteiger partial charge >= 0.3 is 0 Å². The standard InChI is InChI=1S/C17H14BrF2N3O2S/c18-13-2-1-3-14(10-13)26(24,25)23-6-4-22(5-7-23)17-15(19)8-12(11-21)9-16(17)20/h1-3,8-10H,4-7H2. The maximum absolute atomic E-state index is 14.2. The van der Waals surface area contributed by atoms with Gasteiger partial charge in [0.2, 0.25) is 10.0 Å². The molecule has 9 heteroatoms. The van der Waals surface area contributed by atoms with Gasteiger partial charge in [0.05, 0.1) is 16.5 Å². The second kappa shape index (κ2) is 7.31. The molecule has 0 aliphatic carbocycles. The van der Waals surface area contributed by atoms with Crippen LogP contribution in [0.5, 0.6) is 0 Å². The zero-order valence-electron chi connectivity index (χ0n) is 13.5. The minimum atomic E-state index is -3.67. The van der Waals surface area contributed by atoms with Gasteiger partial charge in [-0.1, -0.05) is 22.0 Å². The molecule has 1 aliphatic rings. The molecule has 0 amide bonds. The van der Waals surface area contributed by atoms with Crippen LogP contribution in [0.3, 0.4) is 0 Å². The van der Waals surface area contributed by atoms with Crippen molar-refractivity contribution in [2.45, 2.75) is 4.90 Å². The summed E-state index contributed by atoms with van der Waals surface area (Å²) in [5.74, 6) is -1.66. The Bertz CT molecular complexity index is 961. The van der Waals surface area contributed by atoms with Gasteiger partial charge in [0, 0.05) is 30.7 Å². The summed E-state index contributed by atoms with van der Waals surface area (Å²) in [5, 5.41) is 8.77. The second-order valence-electron chi connectivity index (χ2n) is 5.75. The van der Waals surface area contributed by atoms with Crippen LogP contribution in [0.1, 0.15) is 5.56 Å². The molecule has 2 aromatic rings. The van der Waals surface area contributed by atoms with E-state index in [0.29, 0.717) is 4.47 Å². The van der Waals surface area contributed by atoms with Crippen LogP contribution in [0.15, 0.2) is 45.8 Å². The molecule has 0 spiro atoms. The minimum absolute atomic E-state index is 0.0976. The van der Waals surface area contributed by atoms with E-state index in [1.54, 1.807) is 18.2 Å². The Morgan fingerprint density at radius 1 is 1.04 bits per heavy atom. The third kappa shape index (κ3) is 3.58. The number of anilines is 1. The quantitative estimate of drug-likeness (QED) is 0.733. The van der Waals surface area contributed by atoms with E-state index in [-0.39, 0.29) is 42.3 Å². The van der Waals surface area contributed by atoms with Gasteiger partial charge in [0.15, 0.2) is 11.6 Å². The van der Waals surface area contributed by atoms with Crippen molar-refractivity contribution in [1.29, 1.82) is 5.26 Å². The average Bonchev–Trinajstić information content (AvgIpc) is 2.61. The van der Waals surface area contributed by atoms with Crippen molar-refractivity contribution >= 4 is 31.6 Å². The largest absolute Gasteiger partial charge is 0.364 e. The van der Waals surface area contributed by atoms with Gasteiger partial charge in [0.25, 0.3) is 0 Å². The summed E-state index contributed by atoms with van der Waals surface area (Å²) in [7, 11) is -3.67. The summed E-state index contributed by atoms with van der Waals surface area (Å²) >= 11 is 3.25. The van der Waals surface area contributed by atoms with Gasteiger partial charge in [-0.2, -0.15) is 9.57 Å². The summed E-state index contributed by atoms with van der Waals surface area (Å²) < 4.78 is 55.7. The van der Waals surface area contributed by atoms with Gasteiger partial charge in [-0.05, 0) is 30.3 Å². The monoisotopic (exact) mass is 441 g/mol. The molecular weight excluding hydrogens is 428 g/mol. The number of sulfonamides is 1. The molecule has 1 saturated heterocycles. The molecule has 0 N–H and O–H groups in total. The van der Waals surface area contributed by atoms with Crippen LogP contribution in [0.2, 0.25) is 0 Å². The first kappa shape index (κ1) is 18.8. The molecule has 0 atom stereocenters. The summed E-state index contributed by atoms with van der Waals surface area (Å²) in [6.45, 7) is 0.501. The van der Waals surface area contributed by atoms with E-state index < -0.39 is 21.7 Å². The molecule has 2 aromatic carbocycles. The Kier molecular flexibility index (Phi) is 5.27. The Hall–Kier alpha value is -2.02. The van der Waals surface area contributed by atoms with Crippen molar-refractivity contribution < 1.29 is 17.2 Å². The van der Waals surface area contributed by atoms with Crippen molar-refractivity contribution in [3.05, 3.63) is 58.1 Å². The molecule has 0 aromatic heterocycles. The zero-order valence-corrected chi connectivity index (χ0v) is 15.9. The topological polar surface area (TPSA) is 64.4 Å². The van der Waals surface area contributed by atoms with Crippen LogP contribution >= 0.6 is 15.9 Å². The van der Waals surface area contributed by atoms with E-state index in [4.69, 9.17) is 5.26 Å². The SMILES string of the molecule is N#Cc1cc(F)c(N2CCN(S(=O)(=O)c3cccc(Br)c3)CC2)c(F)c1. The van der Waals surface area contributed by atoms with Gasteiger partial charge in [0.1, 0.15) is 5.69 Å². The van der Waals surface area contributed by atoms with Gasteiger partial charge in [-0.3, -0.25) is 0 Å². The van der Waals surface area contributed by atoms with Gasteiger partial charge in [-0.25, -0.2) is 17.2 Å². The lowest BCUT2D eigenvalue weighted by Crippen LogP contribution is -2.49. The van der Waals surface area contributed by atoms with E-state index >= 15 is 0 Å². The van der Waals surface area contributed by atoms with Crippen LogP contribution < -0.4 is 4.90 Å². The van der Waals surface area contributed by atoms with Crippen molar-refractivity contribution in [3.8, 4) is 6.07 Å². The molecule has 26 heavy (non-hydrogen) atoms. The summed E-state index contributed by atoms with van der Waals surface area (Å²) in [6, 6.07) is 10.0. The highest BCUT2D eigenvalue weighted by Gasteiger charge is 2.30. The zero-order chi connectivity index (χ0) is 18.9. The highest BCUT2D eigenvalue weighted by molar-refractivity contribution is 9.10. The maximum Gasteiger partial charge on any atom is 0.243 e. The van der Waals surface area contributed by atoms with E-state index in [2.05, 4.69) is 15.9 Å². The minimum Gasteiger partial charge on any atom is -0.364 e. The highest BCUT2D eigenvalue weighted by Crippen LogP contribution is 2.27. The van der Waals surface area contributed by atoms with E-state index in [0.717, 1.165) is 12.1 Å². The van der Waals surface area contributed by atoms with Crippen LogP contribution in [-0.2, 0) is 10.0 Å². The van der Waals surface area contributed by atoms with Crippen molar-refractivity contribution in [1.82, 2.24) is 4.31 Å². The number of hydrogen-bond acceptors (Lipinski definition) is 4. The predicted molar refractivity (Wildman–Crippen MR) is 96.2 cm³/mol. The van der Waals surface area contributed by atoms with E-state index in [1.807, 2.05) is 0 Å². The van der Waals surface area contributed by atoms with Gasteiger partial charge in [-0.15, -0.1) is 0 Å². The smallest absolute Gasteiger partial charge is 0.243 e. The summed E-state index contributed by atoms with van der Waals surface area (Å²) in [5.41, 5.74) is -0.330. The molecule has 136 valence electrons. The molecular formula is C17H14BrF2N3O2S. The molecule has 0 saturated carbocycles. The number of nitriles is 1.